The van der Waals surface area contributed by atoms with Crippen molar-refractivity contribution >= 4 is 5.91 Å². The summed E-state index contributed by atoms with van der Waals surface area (Å²) in [5, 5.41) is 9.01. The van der Waals surface area contributed by atoms with E-state index in [1.165, 1.54) is 0 Å². The van der Waals surface area contributed by atoms with Crippen molar-refractivity contribution in [1.82, 2.24) is 14.5 Å². The number of imidazole rings is 1. The smallest absolute Gasteiger partial charge is 0.242 e. The third-order valence-corrected chi connectivity index (χ3v) is 2.74. The van der Waals surface area contributed by atoms with E-state index >= 15 is 0 Å². The molecule has 1 aromatic heterocycles. The second kappa shape index (κ2) is 6.36. The van der Waals surface area contributed by atoms with E-state index in [4.69, 9.17) is 10.8 Å². The summed E-state index contributed by atoms with van der Waals surface area (Å²) in [5.74, 6) is 0.0272. The van der Waals surface area contributed by atoms with Gasteiger partial charge in [-0.15, -0.1) is 0 Å². The molecule has 0 aromatic carbocycles. The maximum atomic E-state index is 11.9. The van der Waals surface area contributed by atoms with Crippen molar-refractivity contribution in [3.05, 3.63) is 18.2 Å². The van der Waals surface area contributed by atoms with Crippen LogP contribution in [0.15, 0.2) is 12.5 Å². The fraction of sp³-hybridized carbons (Fsp3) is 0.636. The van der Waals surface area contributed by atoms with Crippen LogP contribution in [0.2, 0.25) is 0 Å². The number of hydrogen-bond acceptors (Lipinski definition) is 4. The van der Waals surface area contributed by atoms with E-state index in [1.807, 2.05) is 13.8 Å². The maximum absolute atomic E-state index is 11.9. The molecule has 0 aliphatic carbocycles. The molecule has 0 aliphatic rings. The Kier molecular flexibility index (Phi) is 5.11. The van der Waals surface area contributed by atoms with E-state index in [9.17, 15) is 4.79 Å². The lowest BCUT2D eigenvalue weighted by Gasteiger charge is -2.20. The zero-order chi connectivity index (χ0) is 12.8. The largest absolute Gasteiger partial charge is 0.394 e. The predicted molar refractivity (Wildman–Crippen MR) is 64.2 cm³/mol. The van der Waals surface area contributed by atoms with Crippen LogP contribution in [0.25, 0.3) is 0 Å². The average Bonchev–Trinajstić information content (AvgIpc) is 2.77. The SMILES string of the molecule is CCN(CC)C(=O)Cn1cncc1C(N)CO. The summed E-state index contributed by atoms with van der Waals surface area (Å²) >= 11 is 0. The third-order valence-electron chi connectivity index (χ3n) is 2.74. The summed E-state index contributed by atoms with van der Waals surface area (Å²) in [6, 6.07) is -0.498. The summed E-state index contributed by atoms with van der Waals surface area (Å²) in [6.07, 6.45) is 3.14. The Morgan fingerprint density at radius 1 is 1.59 bits per heavy atom. The van der Waals surface area contributed by atoms with Gasteiger partial charge in [0, 0.05) is 19.3 Å². The van der Waals surface area contributed by atoms with Gasteiger partial charge >= 0.3 is 0 Å². The Labute approximate surface area is 101 Å². The highest BCUT2D eigenvalue weighted by molar-refractivity contribution is 5.76. The van der Waals surface area contributed by atoms with Gasteiger partial charge in [0.05, 0.1) is 24.7 Å². The zero-order valence-electron chi connectivity index (χ0n) is 10.3. The van der Waals surface area contributed by atoms with Gasteiger partial charge in [0.25, 0.3) is 0 Å². The van der Waals surface area contributed by atoms with Gasteiger partial charge in [0.1, 0.15) is 6.54 Å². The molecular formula is C11H20N4O2. The number of rotatable bonds is 6. The van der Waals surface area contributed by atoms with Crippen molar-refractivity contribution in [2.24, 2.45) is 5.73 Å². The molecule has 96 valence electrons. The van der Waals surface area contributed by atoms with Crippen LogP contribution in [-0.2, 0) is 11.3 Å². The first-order chi connectivity index (χ1) is 8.13. The van der Waals surface area contributed by atoms with E-state index in [0.29, 0.717) is 18.8 Å². The molecule has 3 N–H and O–H groups in total. The number of aliphatic hydroxyl groups is 1. The van der Waals surface area contributed by atoms with Crippen LogP contribution >= 0.6 is 0 Å². The molecule has 0 aliphatic heterocycles. The number of likely N-dealkylation sites (N-methyl/N-ethyl adjacent to an activating group) is 1. The van der Waals surface area contributed by atoms with Gasteiger partial charge in [-0.25, -0.2) is 4.98 Å². The van der Waals surface area contributed by atoms with Gasteiger partial charge in [-0.1, -0.05) is 0 Å². The van der Waals surface area contributed by atoms with Crippen LogP contribution in [0.1, 0.15) is 25.6 Å². The molecule has 0 spiro atoms. The summed E-state index contributed by atoms with van der Waals surface area (Å²) in [6.45, 7) is 5.30. The van der Waals surface area contributed by atoms with Crippen LogP contribution in [0.5, 0.6) is 0 Å². The predicted octanol–water partition coefficient (Wildman–Crippen LogP) is -0.256. The summed E-state index contributed by atoms with van der Waals surface area (Å²) in [7, 11) is 0. The Morgan fingerprint density at radius 2 is 2.24 bits per heavy atom. The number of hydrogen-bond donors (Lipinski definition) is 2. The Hall–Kier alpha value is -1.40. The minimum atomic E-state index is -0.498. The van der Waals surface area contributed by atoms with E-state index < -0.39 is 6.04 Å². The van der Waals surface area contributed by atoms with E-state index in [-0.39, 0.29) is 19.1 Å². The highest BCUT2D eigenvalue weighted by Crippen LogP contribution is 2.09. The number of carbonyl (C=O) groups is 1. The molecule has 1 unspecified atom stereocenters. The minimum absolute atomic E-state index is 0.0272. The van der Waals surface area contributed by atoms with Gasteiger partial charge in [-0.3, -0.25) is 4.79 Å². The van der Waals surface area contributed by atoms with E-state index in [1.54, 1.807) is 22.0 Å². The van der Waals surface area contributed by atoms with Gasteiger partial charge in [-0.2, -0.15) is 0 Å². The quantitative estimate of drug-likeness (QED) is 0.717. The van der Waals surface area contributed by atoms with Crippen molar-refractivity contribution < 1.29 is 9.90 Å². The van der Waals surface area contributed by atoms with Crippen molar-refractivity contribution in [3.8, 4) is 0 Å². The van der Waals surface area contributed by atoms with Crippen molar-refractivity contribution in [3.63, 3.8) is 0 Å². The highest BCUT2D eigenvalue weighted by Gasteiger charge is 2.15. The van der Waals surface area contributed by atoms with Crippen LogP contribution in [0.3, 0.4) is 0 Å². The van der Waals surface area contributed by atoms with Gasteiger partial charge in [0.15, 0.2) is 0 Å². The standard InChI is InChI=1S/C11H20N4O2/c1-3-14(4-2)11(17)6-15-8-13-5-10(15)9(12)7-16/h5,8-9,16H,3-4,6-7,12H2,1-2H3. The van der Waals surface area contributed by atoms with Crippen LogP contribution < -0.4 is 5.73 Å². The highest BCUT2D eigenvalue weighted by atomic mass is 16.3. The molecule has 0 radical (unpaired) electrons. The average molecular weight is 240 g/mol. The Morgan fingerprint density at radius 3 is 2.76 bits per heavy atom. The lowest BCUT2D eigenvalue weighted by molar-refractivity contribution is -0.131. The maximum Gasteiger partial charge on any atom is 0.242 e. The first kappa shape index (κ1) is 13.7. The molecule has 1 rings (SSSR count). The summed E-state index contributed by atoms with van der Waals surface area (Å²) in [5.41, 5.74) is 6.39. The van der Waals surface area contributed by atoms with Crippen LogP contribution in [0.4, 0.5) is 0 Å². The summed E-state index contributed by atoms with van der Waals surface area (Å²) < 4.78 is 1.68. The normalized spacial score (nSPS) is 12.5. The van der Waals surface area contributed by atoms with Crippen molar-refractivity contribution in [1.29, 1.82) is 0 Å². The summed E-state index contributed by atoms with van der Waals surface area (Å²) in [4.78, 5) is 17.6. The lowest BCUT2D eigenvalue weighted by Crippen LogP contribution is -2.34. The van der Waals surface area contributed by atoms with Gasteiger partial charge in [0.2, 0.25) is 5.91 Å². The third kappa shape index (κ3) is 3.28. The number of nitrogens with zero attached hydrogens (tertiary/aromatic N) is 3. The van der Waals surface area contributed by atoms with Crippen LogP contribution in [-0.4, -0.2) is 45.2 Å². The number of amides is 1. The molecule has 1 atom stereocenters. The van der Waals surface area contributed by atoms with Crippen molar-refractivity contribution in [2.75, 3.05) is 19.7 Å². The topological polar surface area (TPSA) is 84.4 Å². The molecule has 0 saturated carbocycles. The van der Waals surface area contributed by atoms with E-state index in [0.717, 1.165) is 0 Å². The second-order valence-electron chi connectivity index (χ2n) is 3.80. The fourth-order valence-electron chi connectivity index (χ4n) is 1.69. The molecule has 6 nitrogen and oxygen atoms in total. The Balaban J connectivity index is 2.75. The second-order valence-corrected chi connectivity index (χ2v) is 3.80. The Bertz CT molecular complexity index is 360. The molecule has 17 heavy (non-hydrogen) atoms. The number of nitrogens with two attached hydrogens (primary N) is 1. The molecule has 1 heterocycles. The van der Waals surface area contributed by atoms with Crippen LogP contribution in [0, 0.1) is 0 Å². The molecule has 0 saturated heterocycles. The number of aromatic nitrogens is 2. The fourth-order valence-corrected chi connectivity index (χ4v) is 1.69. The minimum Gasteiger partial charge on any atom is -0.394 e. The molecule has 1 aromatic rings. The number of carbonyl (C=O) groups excluding carboxylic acids is 1. The monoisotopic (exact) mass is 240 g/mol. The molecule has 6 heteroatoms. The van der Waals surface area contributed by atoms with Gasteiger partial charge in [-0.05, 0) is 13.8 Å². The molecular weight excluding hydrogens is 220 g/mol. The molecule has 1 amide bonds. The lowest BCUT2D eigenvalue weighted by atomic mass is 10.2. The molecule has 0 bridgehead atoms. The van der Waals surface area contributed by atoms with Gasteiger partial charge < -0.3 is 20.3 Å². The number of aliphatic hydroxyl groups excluding tert-OH is 1. The first-order valence-electron chi connectivity index (χ1n) is 5.78. The van der Waals surface area contributed by atoms with E-state index in [2.05, 4.69) is 4.98 Å². The molecule has 0 fully saturated rings. The first-order valence-corrected chi connectivity index (χ1v) is 5.78. The van der Waals surface area contributed by atoms with Crippen molar-refractivity contribution in [2.45, 2.75) is 26.4 Å². The zero-order valence-corrected chi connectivity index (χ0v) is 10.3.